The van der Waals surface area contributed by atoms with Gasteiger partial charge in [-0.15, -0.1) is 0 Å². The SMILES string of the molecule is SSNC1COC1. The Kier molecular flexibility index (Phi) is 2.31. The lowest BCUT2D eigenvalue weighted by Crippen LogP contribution is -2.42. The van der Waals surface area contributed by atoms with Crippen LogP contribution >= 0.6 is 22.6 Å². The highest BCUT2D eigenvalue weighted by Gasteiger charge is 2.16. The van der Waals surface area contributed by atoms with Crippen molar-refractivity contribution in [3.8, 4) is 0 Å². The highest BCUT2D eigenvalue weighted by atomic mass is 33.1. The van der Waals surface area contributed by atoms with Crippen molar-refractivity contribution in [2.45, 2.75) is 6.04 Å². The first kappa shape index (κ1) is 5.75. The van der Waals surface area contributed by atoms with Gasteiger partial charge in [0.2, 0.25) is 0 Å². The van der Waals surface area contributed by atoms with Crippen molar-refractivity contribution in [2.75, 3.05) is 13.2 Å². The molecule has 0 radical (unpaired) electrons. The molecule has 0 aliphatic carbocycles. The fraction of sp³-hybridized carbons (Fsp3) is 1.00. The molecule has 0 saturated carbocycles. The van der Waals surface area contributed by atoms with Gasteiger partial charge >= 0.3 is 0 Å². The molecular formula is C3H7NOS2. The molecule has 1 rings (SSSR count). The van der Waals surface area contributed by atoms with Gasteiger partial charge in [-0.05, 0) is 11.0 Å². The fourth-order valence-corrected chi connectivity index (χ4v) is 1.11. The zero-order valence-electron chi connectivity index (χ0n) is 3.76. The third-order valence-corrected chi connectivity index (χ3v) is 1.61. The maximum absolute atomic E-state index is 4.88. The van der Waals surface area contributed by atoms with Crippen molar-refractivity contribution in [1.29, 1.82) is 0 Å². The Morgan fingerprint density at radius 2 is 2.43 bits per heavy atom. The number of nitrogens with one attached hydrogen (secondary N) is 1. The first-order valence-electron chi connectivity index (χ1n) is 2.07. The van der Waals surface area contributed by atoms with Crippen LogP contribution in [-0.4, -0.2) is 19.3 Å². The molecule has 1 N–H and O–H groups in total. The number of thiol groups is 1. The van der Waals surface area contributed by atoms with E-state index in [1.165, 1.54) is 11.0 Å². The Labute approximate surface area is 51.9 Å². The molecule has 0 atom stereocenters. The van der Waals surface area contributed by atoms with Crippen molar-refractivity contribution >= 4 is 22.6 Å². The van der Waals surface area contributed by atoms with E-state index in [0.717, 1.165) is 13.2 Å². The van der Waals surface area contributed by atoms with Crippen molar-refractivity contribution in [1.82, 2.24) is 4.72 Å². The van der Waals surface area contributed by atoms with Gasteiger partial charge < -0.3 is 4.74 Å². The van der Waals surface area contributed by atoms with Gasteiger partial charge in [-0.25, -0.2) is 4.72 Å². The Morgan fingerprint density at radius 3 is 2.57 bits per heavy atom. The van der Waals surface area contributed by atoms with E-state index < -0.39 is 0 Å². The summed E-state index contributed by atoms with van der Waals surface area (Å²) in [4.78, 5) is 0. The van der Waals surface area contributed by atoms with Crippen molar-refractivity contribution < 1.29 is 4.74 Å². The number of hydrogen-bond acceptors (Lipinski definition) is 4. The Hall–Kier alpha value is 0.620. The van der Waals surface area contributed by atoms with Gasteiger partial charge in [0.05, 0.1) is 19.3 Å². The summed E-state index contributed by atoms with van der Waals surface area (Å²) in [6, 6.07) is 0.544. The second-order valence-corrected chi connectivity index (χ2v) is 2.41. The van der Waals surface area contributed by atoms with E-state index >= 15 is 0 Å². The second kappa shape index (κ2) is 2.81. The van der Waals surface area contributed by atoms with Gasteiger partial charge in [0.15, 0.2) is 0 Å². The zero-order chi connectivity index (χ0) is 5.11. The van der Waals surface area contributed by atoms with Gasteiger partial charge in [-0.3, -0.25) is 0 Å². The van der Waals surface area contributed by atoms with Crippen LogP contribution in [0, 0.1) is 0 Å². The van der Waals surface area contributed by atoms with E-state index in [0.29, 0.717) is 6.04 Å². The van der Waals surface area contributed by atoms with E-state index in [-0.39, 0.29) is 0 Å². The number of ether oxygens (including phenoxy) is 1. The lowest BCUT2D eigenvalue weighted by molar-refractivity contribution is 0.00618. The fourth-order valence-electron chi connectivity index (χ4n) is 0.378. The van der Waals surface area contributed by atoms with Crippen LogP contribution < -0.4 is 4.72 Å². The molecule has 0 aromatic carbocycles. The highest BCUT2D eigenvalue weighted by molar-refractivity contribution is 8.67. The molecule has 0 amide bonds. The first-order valence-corrected chi connectivity index (χ1v) is 3.94. The Balaban J connectivity index is 1.93. The normalized spacial score (nSPS) is 21.9. The third-order valence-electron chi connectivity index (χ3n) is 0.857. The average molecular weight is 137 g/mol. The van der Waals surface area contributed by atoms with Crippen LogP contribution in [0.3, 0.4) is 0 Å². The maximum Gasteiger partial charge on any atom is 0.0652 e. The monoisotopic (exact) mass is 137 g/mol. The zero-order valence-corrected chi connectivity index (χ0v) is 5.47. The Morgan fingerprint density at radius 1 is 1.71 bits per heavy atom. The summed E-state index contributed by atoms with van der Waals surface area (Å²) < 4.78 is 7.92. The molecule has 2 nitrogen and oxygen atoms in total. The van der Waals surface area contributed by atoms with Crippen LogP contribution in [0.2, 0.25) is 0 Å². The van der Waals surface area contributed by atoms with Gasteiger partial charge in [0, 0.05) is 0 Å². The molecule has 1 heterocycles. The molecule has 42 valence electrons. The summed E-state index contributed by atoms with van der Waals surface area (Å²) in [7, 11) is 1.35. The molecule has 1 fully saturated rings. The minimum absolute atomic E-state index is 0.544. The predicted octanol–water partition coefficient (Wildman–Crippen LogP) is 0.468. The minimum Gasteiger partial charge on any atom is -0.378 e. The van der Waals surface area contributed by atoms with Gasteiger partial charge in [0.25, 0.3) is 0 Å². The molecule has 1 saturated heterocycles. The summed E-state index contributed by atoms with van der Waals surface area (Å²) in [5.74, 6) is 0. The number of rotatable bonds is 2. The topological polar surface area (TPSA) is 21.3 Å². The van der Waals surface area contributed by atoms with Crippen LogP contribution in [0.25, 0.3) is 0 Å². The van der Waals surface area contributed by atoms with Crippen LogP contribution in [0.5, 0.6) is 0 Å². The van der Waals surface area contributed by atoms with E-state index in [1.54, 1.807) is 0 Å². The smallest absolute Gasteiger partial charge is 0.0652 e. The van der Waals surface area contributed by atoms with Crippen molar-refractivity contribution in [3.63, 3.8) is 0 Å². The molecule has 0 spiro atoms. The van der Waals surface area contributed by atoms with Crippen LogP contribution in [0.15, 0.2) is 0 Å². The van der Waals surface area contributed by atoms with Crippen LogP contribution in [-0.2, 0) is 4.74 Å². The van der Waals surface area contributed by atoms with Crippen molar-refractivity contribution in [2.24, 2.45) is 0 Å². The molecule has 0 unspecified atom stereocenters. The lowest BCUT2D eigenvalue weighted by Gasteiger charge is -2.24. The first-order chi connectivity index (χ1) is 3.43. The van der Waals surface area contributed by atoms with Gasteiger partial charge in [-0.2, -0.15) is 0 Å². The molecule has 1 aliphatic rings. The van der Waals surface area contributed by atoms with E-state index in [9.17, 15) is 0 Å². The third kappa shape index (κ3) is 1.53. The van der Waals surface area contributed by atoms with Gasteiger partial charge in [-0.1, -0.05) is 11.7 Å². The summed E-state index contributed by atoms with van der Waals surface area (Å²) in [6.07, 6.45) is 0. The molecule has 4 heteroatoms. The van der Waals surface area contributed by atoms with Crippen LogP contribution in [0.1, 0.15) is 0 Å². The molecule has 0 bridgehead atoms. The lowest BCUT2D eigenvalue weighted by atomic mass is 10.3. The molecule has 1 aliphatic heterocycles. The number of hydrogen-bond donors (Lipinski definition) is 2. The van der Waals surface area contributed by atoms with Crippen LogP contribution in [0.4, 0.5) is 0 Å². The van der Waals surface area contributed by atoms with E-state index in [2.05, 4.69) is 16.4 Å². The highest BCUT2D eigenvalue weighted by Crippen LogP contribution is 2.06. The molecule has 0 aromatic rings. The van der Waals surface area contributed by atoms with Crippen molar-refractivity contribution in [3.05, 3.63) is 0 Å². The average Bonchev–Trinajstić information content (AvgIpc) is 1.55. The van der Waals surface area contributed by atoms with E-state index in [1.807, 2.05) is 0 Å². The Bertz CT molecular complexity index is 56.9. The largest absolute Gasteiger partial charge is 0.378 e. The quantitative estimate of drug-likeness (QED) is 0.328. The maximum atomic E-state index is 4.88. The second-order valence-electron chi connectivity index (χ2n) is 1.44. The summed E-state index contributed by atoms with van der Waals surface area (Å²) in [6.45, 7) is 1.68. The summed E-state index contributed by atoms with van der Waals surface area (Å²) >= 11 is 3.90. The molecular weight excluding hydrogens is 130 g/mol. The molecule has 7 heavy (non-hydrogen) atoms. The minimum atomic E-state index is 0.544. The van der Waals surface area contributed by atoms with Gasteiger partial charge in [0.1, 0.15) is 0 Å². The molecule has 0 aromatic heterocycles. The van der Waals surface area contributed by atoms with E-state index in [4.69, 9.17) is 4.74 Å². The standard InChI is InChI=1S/C3H7NOS2/c6-7-4-3-1-5-2-3/h3-4,6H,1-2H2. The summed E-state index contributed by atoms with van der Waals surface area (Å²) in [5, 5.41) is 0. The summed E-state index contributed by atoms with van der Waals surface area (Å²) in [5.41, 5.74) is 0. The predicted molar refractivity (Wildman–Crippen MR) is 34.3 cm³/mol.